The highest BCUT2D eigenvalue weighted by Crippen LogP contribution is 2.27. The van der Waals surface area contributed by atoms with Gasteiger partial charge in [-0.2, -0.15) is 5.10 Å². The summed E-state index contributed by atoms with van der Waals surface area (Å²) in [5, 5.41) is 8.61. The molecule has 0 aliphatic heterocycles. The van der Waals surface area contributed by atoms with Crippen molar-refractivity contribution in [2.75, 3.05) is 5.75 Å². The van der Waals surface area contributed by atoms with Gasteiger partial charge in [0.25, 0.3) is 0 Å². The highest BCUT2D eigenvalue weighted by atomic mass is 32.2. The number of hydrogen-bond donors (Lipinski definition) is 1. The molecule has 164 valence electrons. The van der Waals surface area contributed by atoms with Crippen LogP contribution in [0.4, 0.5) is 0 Å². The molecule has 0 spiro atoms. The molecule has 5 nitrogen and oxygen atoms in total. The maximum Gasteiger partial charge on any atom is 0.230 e. The van der Waals surface area contributed by atoms with E-state index in [-0.39, 0.29) is 11.9 Å². The number of rotatable bonds is 8. The number of hydrogen-bond acceptors (Lipinski definition) is 4. The van der Waals surface area contributed by atoms with E-state index >= 15 is 0 Å². The molecule has 0 fully saturated rings. The minimum Gasteiger partial charge on any atom is -0.353 e. The fraction of sp³-hybridized carbons (Fsp3) is 0.269. The van der Waals surface area contributed by atoms with Crippen LogP contribution >= 0.6 is 11.8 Å². The van der Waals surface area contributed by atoms with E-state index in [9.17, 15) is 4.79 Å². The standard InChI is InChI=1S/C26H28N4OS/c1-18-9-12-22(15-19(18)2)23-16-24-26(27-13-14-30(24)29-23)32-17-25(31)28-20(3)10-11-21-7-5-4-6-8-21/h4-9,12-16,20H,10-11,17H2,1-3H3,(H,28,31)/t20-/m1/s1. The first kappa shape index (κ1) is 22.1. The van der Waals surface area contributed by atoms with Crippen molar-refractivity contribution in [1.29, 1.82) is 0 Å². The van der Waals surface area contributed by atoms with Gasteiger partial charge in [-0.25, -0.2) is 9.50 Å². The Morgan fingerprint density at radius 2 is 1.91 bits per heavy atom. The fourth-order valence-electron chi connectivity index (χ4n) is 3.60. The van der Waals surface area contributed by atoms with E-state index in [0.717, 1.165) is 34.6 Å². The summed E-state index contributed by atoms with van der Waals surface area (Å²) in [6, 6.07) is 18.9. The zero-order valence-corrected chi connectivity index (χ0v) is 19.5. The van der Waals surface area contributed by atoms with Crippen molar-refractivity contribution in [3.05, 3.63) is 83.7 Å². The Morgan fingerprint density at radius 1 is 1.09 bits per heavy atom. The Bertz CT molecular complexity index is 1220. The molecule has 1 N–H and O–H groups in total. The van der Waals surface area contributed by atoms with Crippen molar-refractivity contribution in [2.24, 2.45) is 0 Å². The number of fused-ring (bicyclic) bond motifs is 1. The molecule has 0 saturated heterocycles. The molecule has 0 aliphatic rings. The molecule has 2 heterocycles. The molecule has 1 amide bonds. The van der Waals surface area contributed by atoms with Crippen LogP contribution in [-0.4, -0.2) is 32.3 Å². The summed E-state index contributed by atoms with van der Waals surface area (Å²) in [4.78, 5) is 17.0. The summed E-state index contributed by atoms with van der Waals surface area (Å²) < 4.78 is 1.83. The van der Waals surface area contributed by atoms with E-state index in [1.54, 1.807) is 6.20 Å². The Morgan fingerprint density at radius 3 is 2.69 bits per heavy atom. The maximum atomic E-state index is 12.5. The predicted molar refractivity (Wildman–Crippen MR) is 131 cm³/mol. The van der Waals surface area contributed by atoms with E-state index < -0.39 is 0 Å². The van der Waals surface area contributed by atoms with Gasteiger partial charge in [-0.3, -0.25) is 4.79 Å². The van der Waals surface area contributed by atoms with Crippen LogP contribution in [0.3, 0.4) is 0 Å². The van der Waals surface area contributed by atoms with E-state index in [0.29, 0.717) is 5.75 Å². The Kier molecular flexibility index (Phi) is 6.90. The van der Waals surface area contributed by atoms with E-state index in [2.05, 4.69) is 61.4 Å². The van der Waals surface area contributed by atoms with Gasteiger partial charge < -0.3 is 5.32 Å². The SMILES string of the molecule is Cc1ccc(-c2cc3c(SCC(=O)N[C@H](C)CCc4ccccc4)nccn3n2)cc1C. The molecule has 0 radical (unpaired) electrons. The first-order valence-electron chi connectivity index (χ1n) is 10.9. The minimum absolute atomic E-state index is 0.0215. The molecule has 0 aliphatic carbocycles. The highest BCUT2D eigenvalue weighted by molar-refractivity contribution is 8.00. The normalized spacial score (nSPS) is 12.1. The number of nitrogens with zero attached hydrogens (tertiary/aromatic N) is 3. The largest absolute Gasteiger partial charge is 0.353 e. The lowest BCUT2D eigenvalue weighted by Crippen LogP contribution is -2.34. The maximum absolute atomic E-state index is 12.5. The number of aryl methyl sites for hydroxylation is 3. The van der Waals surface area contributed by atoms with Crippen LogP contribution in [0.2, 0.25) is 0 Å². The molecule has 32 heavy (non-hydrogen) atoms. The number of aromatic nitrogens is 3. The molecule has 2 aromatic heterocycles. The molecule has 0 unspecified atom stereocenters. The summed E-state index contributed by atoms with van der Waals surface area (Å²) >= 11 is 1.44. The third kappa shape index (κ3) is 5.37. The number of thioether (sulfide) groups is 1. The zero-order valence-electron chi connectivity index (χ0n) is 18.7. The minimum atomic E-state index is 0.0215. The van der Waals surface area contributed by atoms with Crippen molar-refractivity contribution >= 4 is 23.2 Å². The van der Waals surface area contributed by atoms with Crippen molar-refractivity contribution in [1.82, 2.24) is 19.9 Å². The van der Waals surface area contributed by atoms with Crippen LogP contribution in [-0.2, 0) is 11.2 Å². The van der Waals surface area contributed by atoms with Crippen LogP contribution in [0, 0.1) is 13.8 Å². The lowest BCUT2D eigenvalue weighted by atomic mass is 10.0. The summed E-state index contributed by atoms with van der Waals surface area (Å²) in [6.07, 6.45) is 5.44. The third-order valence-electron chi connectivity index (χ3n) is 5.61. The predicted octanol–water partition coefficient (Wildman–Crippen LogP) is 5.24. The number of carbonyl (C=O) groups excluding carboxylic acids is 1. The second-order valence-corrected chi connectivity index (χ2v) is 9.14. The van der Waals surface area contributed by atoms with Crippen LogP contribution < -0.4 is 5.32 Å². The highest BCUT2D eigenvalue weighted by Gasteiger charge is 2.13. The Hall–Kier alpha value is -3.12. The first-order valence-corrected chi connectivity index (χ1v) is 11.9. The van der Waals surface area contributed by atoms with Gasteiger partial charge in [-0.1, -0.05) is 54.2 Å². The zero-order chi connectivity index (χ0) is 22.5. The lowest BCUT2D eigenvalue weighted by molar-refractivity contribution is -0.119. The summed E-state index contributed by atoms with van der Waals surface area (Å²) in [5.41, 5.74) is 6.69. The summed E-state index contributed by atoms with van der Waals surface area (Å²) in [6.45, 7) is 6.27. The van der Waals surface area contributed by atoms with Gasteiger partial charge in [0, 0.05) is 24.0 Å². The summed E-state index contributed by atoms with van der Waals surface area (Å²) in [7, 11) is 0. The smallest absolute Gasteiger partial charge is 0.230 e. The molecule has 0 saturated carbocycles. The van der Waals surface area contributed by atoms with Gasteiger partial charge in [0.1, 0.15) is 5.03 Å². The van der Waals surface area contributed by atoms with Gasteiger partial charge >= 0.3 is 0 Å². The topological polar surface area (TPSA) is 59.3 Å². The number of amides is 1. The van der Waals surface area contributed by atoms with Gasteiger partial charge in [0.05, 0.1) is 17.0 Å². The van der Waals surface area contributed by atoms with E-state index in [1.165, 1.54) is 28.5 Å². The van der Waals surface area contributed by atoms with Crippen molar-refractivity contribution < 1.29 is 4.79 Å². The van der Waals surface area contributed by atoms with Gasteiger partial charge in [0.15, 0.2) is 0 Å². The average Bonchev–Trinajstić information content (AvgIpc) is 3.24. The molecule has 1 atom stereocenters. The average molecular weight is 445 g/mol. The number of carbonyl (C=O) groups is 1. The van der Waals surface area contributed by atoms with Crippen LogP contribution in [0.5, 0.6) is 0 Å². The van der Waals surface area contributed by atoms with E-state index in [1.807, 2.05) is 35.0 Å². The monoisotopic (exact) mass is 444 g/mol. The number of benzene rings is 2. The van der Waals surface area contributed by atoms with Crippen molar-refractivity contribution in [3.8, 4) is 11.3 Å². The second kappa shape index (κ2) is 10.0. The van der Waals surface area contributed by atoms with Crippen molar-refractivity contribution in [3.63, 3.8) is 0 Å². The molecular formula is C26H28N4OS. The molecular weight excluding hydrogens is 416 g/mol. The molecule has 2 aromatic carbocycles. The Balaban J connectivity index is 1.38. The lowest BCUT2D eigenvalue weighted by Gasteiger charge is -2.13. The van der Waals surface area contributed by atoms with Gasteiger partial charge in [-0.05, 0) is 62.4 Å². The first-order chi connectivity index (χ1) is 15.5. The van der Waals surface area contributed by atoms with Crippen LogP contribution in [0.25, 0.3) is 16.8 Å². The van der Waals surface area contributed by atoms with Crippen molar-refractivity contribution in [2.45, 2.75) is 44.7 Å². The van der Waals surface area contributed by atoms with Crippen LogP contribution in [0.15, 0.2) is 72.0 Å². The molecule has 4 rings (SSSR count). The molecule has 0 bridgehead atoms. The number of nitrogens with one attached hydrogen (secondary N) is 1. The Labute approximate surface area is 193 Å². The molecule has 4 aromatic rings. The van der Waals surface area contributed by atoms with E-state index in [4.69, 9.17) is 5.10 Å². The summed E-state index contributed by atoms with van der Waals surface area (Å²) in [5.74, 6) is 0.347. The fourth-order valence-corrected chi connectivity index (χ4v) is 4.39. The second-order valence-electron chi connectivity index (χ2n) is 8.17. The molecule has 6 heteroatoms. The third-order valence-corrected chi connectivity index (χ3v) is 6.61. The van der Waals surface area contributed by atoms with Crippen LogP contribution in [0.1, 0.15) is 30.0 Å². The quantitative estimate of drug-likeness (QED) is 0.378. The van der Waals surface area contributed by atoms with Gasteiger partial charge in [0.2, 0.25) is 5.91 Å². The van der Waals surface area contributed by atoms with Gasteiger partial charge in [-0.15, -0.1) is 0 Å².